The summed E-state index contributed by atoms with van der Waals surface area (Å²) in [6.45, 7) is 1.11. The quantitative estimate of drug-likeness (QED) is 0.447. The highest BCUT2D eigenvalue weighted by Gasteiger charge is 2.36. The van der Waals surface area contributed by atoms with Gasteiger partial charge in [-0.1, -0.05) is 18.2 Å². The molecule has 0 spiro atoms. The third kappa shape index (κ3) is 4.56. The van der Waals surface area contributed by atoms with Crippen LogP contribution in [-0.2, 0) is 0 Å². The molecule has 0 aliphatic carbocycles. The van der Waals surface area contributed by atoms with Crippen molar-refractivity contribution in [2.75, 3.05) is 24.6 Å². The Bertz CT molecular complexity index is 1420. The highest BCUT2D eigenvalue weighted by molar-refractivity contribution is 7.99. The van der Waals surface area contributed by atoms with Crippen LogP contribution in [-0.4, -0.2) is 50.5 Å². The van der Waals surface area contributed by atoms with Gasteiger partial charge in [-0.25, -0.2) is 13.8 Å². The van der Waals surface area contributed by atoms with Crippen LogP contribution in [0.4, 0.5) is 8.78 Å². The van der Waals surface area contributed by atoms with Crippen LogP contribution in [0.15, 0.2) is 78.0 Å². The molecule has 2 aromatic carbocycles. The smallest absolute Gasteiger partial charge is 0.270 e. The molecule has 1 fully saturated rings. The molecule has 35 heavy (non-hydrogen) atoms. The number of nitrogens with one attached hydrogen (secondary N) is 1. The van der Waals surface area contributed by atoms with Crippen molar-refractivity contribution in [3.63, 3.8) is 0 Å². The number of aromatic amines is 1. The van der Waals surface area contributed by atoms with Crippen molar-refractivity contribution in [1.29, 1.82) is 0 Å². The molecule has 2 aromatic heterocycles. The molecule has 1 unspecified atom stereocenters. The van der Waals surface area contributed by atoms with Crippen molar-refractivity contribution in [1.82, 2.24) is 20.0 Å². The zero-order valence-electron chi connectivity index (χ0n) is 18.7. The largest absolute Gasteiger partial charge is 0.360 e. The van der Waals surface area contributed by atoms with Gasteiger partial charge in [-0.05, 0) is 36.4 Å². The van der Waals surface area contributed by atoms with E-state index >= 15 is 4.39 Å². The minimum absolute atomic E-state index is 0.185. The van der Waals surface area contributed by atoms with Gasteiger partial charge in [0.2, 0.25) is 0 Å². The number of H-pyrrole nitrogens is 1. The number of nitrogens with zero attached hydrogens (tertiary/aromatic N) is 3. The van der Waals surface area contributed by atoms with Crippen LogP contribution >= 0.6 is 11.8 Å². The molecule has 1 atom stereocenters. The summed E-state index contributed by atoms with van der Waals surface area (Å²) in [6.07, 6.45) is 4.48. The Kier molecular flexibility index (Phi) is 6.61. The molecule has 9 heteroatoms. The average Bonchev–Trinajstić information content (AvgIpc) is 2.89. The summed E-state index contributed by atoms with van der Waals surface area (Å²) in [6, 6.07) is 12.2. The van der Waals surface area contributed by atoms with Gasteiger partial charge in [0.1, 0.15) is 17.7 Å². The van der Waals surface area contributed by atoms with Gasteiger partial charge in [0.25, 0.3) is 5.91 Å². The van der Waals surface area contributed by atoms with Gasteiger partial charge in [-0.3, -0.25) is 19.6 Å². The van der Waals surface area contributed by atoms with Crippen molar-refractivity contribution in [3.8, 4) is 0 Å². The lowest BCUT2D eigenvalue weighted by molar-refractivity contribution is -0.0236. The molecule has 3 heterocycles. The summed E-state index contributed by atoms with van der Waals surface area (Å²) >= 11 is 1.77. The lowest BCUT2D eigenvalue weighted by Crippen LogP contribution is -2.52. The maximum Gasteiger partial charge on any atom is 0.270 e. The number of carbonyl (C=O) groups is 1. The Morgan fingerprint density at radius 1 is 1.06 bits per heavy atom. The van der Waals surface area contributed by atoms with Gasteiger partial charge >= 0.3 is 0 Å². The van der Waals surface area contributed by atoms with Crippen molar-refractivity contribution >= 4 is 28.6 Å². The lowest BCUT2D eigenvalue weighted by atomic mass is 9.96. The van der Waals surface area contributed by atoms with E-state index in [0.29, 0.717) is 24.2 Å². The molecule has 6 nitrogen and oxygen atoms in total. The van der Waals surface area contributed by atoms with Crippen molar-refractivity contribution < 1.29 is 13.6 Å². The Balaban J connectivity index is 1.75. The third-order valence-corrected chi connectivity index (χ3v) is 6.96. The number of fused-ring (bicyclic) bond motifs is 1. The summed E-state index contributed by atoms with van der Waals surface area (Å²) in [5.41, 5.74) is 0.624. The summed E-state index contributed by atoms with van der Waals surface area (Å²) in [5.74, 6) is 0.164. The van der Waals surface area contributed by atoms with Gasteiger partial charge in [0.15, 0.2) is 5.43 Å². The Labute approximate surface area is 204 Å². The molecular weight excluding hydrogens is 470 g/mol. The molecule has 5 rings (SSSR count). The van der Waals surface area contributed by atoms with E-state index in [4.69, 9.17) is 0 Å². The van der Waals surface area contributed by atoms with E-state index < -0.39 is 29.0 Å². The molecule has 4 aromatic rings. The van der Waals surface area contributed by atoms with Crippen LogP contribution in [0, 0.1) is 11.6 Å². The molecule has 1 amide bonds. The number of hydrogen-bond acceptors (Lipinski definition) is 5. The SMILES string of the molecule is O=C(c1cccnc1)N(C(c1ccccc1F)c1c[nH]c2cc(F)ccc2c1=O)N1CCSCC1. The molecule has 0 saturated carbocycles. The summed E-state index contributed by atoms with van der Waals surface area (Å²) < 4.78 is 29.1. The predicted molar refractivity (Wildman–Crippen MR) is 132 cm³/mol. The van der Waals surface area contributed by atoms with E-state index in [0.717, 1.165) is 11.5 Å². The summed E-state index contributed by atoms with van der Waals surface area (Å²) in [7, 11) is 0. The molecule has 1 N–H and O–H groups in total. The van der Waals surface area contributed by atoms with E-state index in [1.54, 1.807) is 48.3 Å². The topological polar surface area (TPSA) is 69.3 Å². The van der Waals surface area contributed by atoms with Crippen LogP contribution < -0.4 is 5.43 Å². The number of hydrogen-bond donors (Lipinski definition) is 1. The second-order valence-corrected chi connectivity index (χ2v) is 9.37. The van der Waals surface area contributed by atoms with Crippen molar-refractivity contribution in [3.05, 3.63) is 112 Å². The van der Waals surface area contributed by atoms with Gasteiger partial charge in [0.05, 0.1) is 11.1 Å². The van der Waals surface area contributed by atoms with Gasteiger partial charge in [0, 0.05) is 59.7 Å². The number of halogens is 2. The standard InChI is InChI=1S/C26H22F2N4O2S/c27-18-7-8-20-23(14-18)30-16-21(25(20)33)24(19-5-1-2-6-22(19)28)32(31-10-12-35-13-11-31)26(34)17-4-3-9-29-15-17/h1-9,14-16,24H,10-13H2,(H,30,33). The van der Waals surface area contributed by atoms with Gasteiger partial charge < -0.3 is 4.98 Å². The van der Waals surface area contributed by atoms with Crippen LogP contribution in [0.25, 0.3) is 10.9 Å². The number of hydrazine groups is 1. The van der Waals surface area contributed by atoms with Crippen molar-refractivity contribution in [2.45, 2.75) is 6.04 Å². The first-order valence-electron chi connectivity index (χ1n) is 11.2. The average molecular weight is 493 g/mol. The van der Waals surface area contributed by atoms with Crippen LogP contribution in [0.3, 0.4) is 0 Å². The van der Waals surface area contributed by atoms with E-state index in [9.17, 15) is 14.0 Å². The maximum absolute atomic E-state index is 15.3. The maximum atomic E-state index is 15.3. The lowest BCUT2D eigenvalue weighted by Gasteiger charge is -2.42. The second-order valence-electron chi connectivity index (χ2n) is 8.14. The Hall–Kier alpha value is -3.56. The normalized spacial score (nSPS) is 15.1. The fourth-order valence-electron chi connectivity index (χ4n) is 4.34. The van der Waals surface area contributed by atoms with Gasteiger partial charge in [-0.15, -0.1) is 0 Å². The molecule has 0 bridgehead atoms. The highest BCUT2D eigenvalue weighted by Crippen LogP contribution is 2.33. The molecular formula is C26H22F2N4O2S. The Morgan fingerprint density at radius 3 is 2.60 bits per heavy atom. The fraction of sp³-hybridized carbons (Fsp3) is 0.192. The number of amides is 1. The number of aromatic nitrogens is 2. The zero-order chi connectivity index (χ0) is 24.4. The van der Waals surface area contributed by atoms with Crippen LogP contribution in [0.1, 0.15) is 27.5 Å². The molecule has 0 radical (unpaired) electrons. The minimum Gasteiger partial charge on any atom is -0.360 e. The monoisotopic (exact) mass is 492 g/mol. The third-order valence-electron chi connectivity index (χ3n) is 6.02. The van der Waals surface area contributed by atoms with Crippen LogP contribution in [0.2, 0.25) is 0 Å². The first-order valence-corrected chi connectivity index (χ1v) is 12.3. The number of thioether (sulfide) groups is 1. The van der Waals surface area contributed by atoms with E-state index in [-0.39, 0.29) is 16.5 Å². The van der Waals surface area contributed by atoms with Crippen LogP contribution in [0.5, 0.6) is 0 Å². The van der Waals surface area contributed by atoms with Crippen molar-refractivity contribution in [2.24, 2.45) is 0 Å². The predicted octanol–water partition coefficient (Wildman–Crippen LogP) is 4.40. The van der Waals surface area contributed by atoms with E-state index in [1.807, 2.05) is 5.01 Å². The number of pyridine rings is 2. The number of rotatable bonds is 5. The zero-order valence-corrected chi connectivity index (χ0v) is 19.5. The number of carbonyl (C=O) groups excluding carboxylic acids is 1. The second kappa shape index (κ2) is 9.97. The number of benzene rings is 2. The summed E-state index contributed by atoms with van der Waals surface area (Å²) in [4.78, 5) is 34.6. The first kappa shape index (κ1) is 23.2. The highest BCUT2D eigenvalue weighted by atomic mass is 32.2. The van der Waals surface area contributed by atoms with Gasteiger partial charge in [-0.2, -0.15) is 11.8 Å². The summed E-state index contributed by atoms with van der Waals surface area (Å²) in [5, 5.41) is 3.61. The van der Waals surface area contributed by atoms with E-state index in [1.165, 1.54) is 41.7 Å². The molecule has 1 aliphatic rings. The van der Waals surface area contributed by atoms with E-state index in [2.05, 4.69) is 9.97 Å². The first-order chi connectivity index (χ1) is 17.0. The molecule has 1 saturated heterocycles. The fourth-order valence-corrected chi connectivity index (χ4v) is 5.22. The molecule has 178 valence electrons. The Morgan fingerprint density at radius 2 is 1.86 bits per heavy atom. The minimum atomic E-state index is -1.05. The molecule has 1 aliphatic heterocycles.